The predicted octanol–water partition coefficient (Wildman–Crippen LogP) is 4.19. The summed E-state index contributed by atoms with van der Waals surface area (Å²) < 4.78 is 5.12. The number of aromatic nitrogens is 1. The maximum Gasteiger partial charge on any atom is 0.303 e. The normalized spacial score (nSPS) is 10.5. The maximum absolute atomic E-state index is 12.2. The second kappa shape index (κ2) is 14.7. The van der Waals surface area contributed by atoms with E-state index in [0.29, 0.717) is 36.7 Å². The fraction of sp³-hybridized carbons (Fsp3) is 0.600. The molecular formula is C20H30N2O6S. The van der Waals surface area contributed by atoms with Crippen LogP contribution in [0.5, 0.6) is 5.88 Å². The Kier molecular flexibility index (Phi) is 12.5. The Bertz CT molecular complexity index is 668. The molecule has 0 spiro atoms. The van der Waals surface area contributed by atoms with Gasteiger partial charge in [0.15, 0.2) is 0 Å². The number of aliphatic carboxylic acids is 2. The van der Waals surface area contributed by atoms with Crippen LogP contribution in [0, 0.1) is 0 Å². The number of anilines is 1. The summed E-state index contributed by atoms with van der Waals surface area (Å²) in [6.45, 7) is 0. The van der Waals surface area contributed by atoms with Gasteiger partial charge in [-0.2, -0.15) is 4.98 Å². The second-order valence-corrected chi connectivity index (χ2v) is 7.75. The molecule has 0 aliphatic carbocycles. The van der Waals surface area contributed by atoms with Crippen molar-refractivity contribution in [3.8, 4) is 5.88 Å². The number of hydrogen-bond acceptors (Lipinski definition) is 6. The zero-order valence-electron chi connectivity index (χ0n) is 16.8. The summed E-state index contributed by atoms with van der Waals surface area (Å²) in [5.41, 5.74) is 0. The molecule has 0 atom stereocenters. The number of rotatable bonds is 16. The van der Waals surface area contributed by atoms with E-state index in [9.17, 15) is 14.4 Å². The lowest BCUT2D eigenvalue weighted by Crippen LogP contribution is -2.13. The highest BCUT2D eigenvalue weighted by molar-refractivity contribution is 7.99. The van der Waals surface area contributed by atoms with Gasteiger partial charge in [0.1, 0.15) is 5.82 Å². The Labute approximate surface area is 175 Å². The van der Waals surface area contributed by atoms with Crippen LogP contribution in [0.1, 0.15) is 64.2 Å². The van der Waals surface area contributed by atoms with Crippen LogP contribution < -0.4 is 10.1 Å². The van der Waals surface area contributed by atoms with Crippen LogP contribution in [-0.4, -0.2) is 45.9 Å². The zero-order valence-corrected chi connectivity index (χ0v) is 17.6. The van der Waals surface area contributed by atoms with Crippen molar-refractivity contribution < 1.29 is 29.3 Å². The third kappa shape index (κ3) is 12.0. The first kappa shape index (κ1) is 24.7. The molecule has 9 heteroatoms. The van der Waals surface area contributed by atoms with E-state index in [0.717, 1.165) is 37.0 Å². The van der Waals surface area contributed by atoms with Crippen molar-refractivity contribution >= 4 is 35.4 Å². The minimum absolute atomic E-state index is 0.106. The molecule has 0 saturated heterocycles. The smallest absolute Gasteiger partial charge is 0.303 e. The SMILES string of the molecule is COc1ccc(SCCCC(=O)O)c(NC(=O)CCCCCCCCC(=O)O)n1. The van der Waals surface area contributed by atoms with E-state index in [1.807, 2.05) is 6.07 Å². The third-order valence-corrected chi connectivity index (χ3v) is 5.27. The molecule has 1 aromatic heterocycles. The van der Waals surface area contributed by atoms with Crippen LogP contribution in [0.3, 0.4) is 0 Å². The second-order valence-electron chi connectivity index (χ2n) is 6.61. The molecule has 0 aliphatic heterocycles. The molecule has 0 unspecified atom stereocenters. The first-order valence-corrected chi connectivity index (χ1v) is 10.8. The van der Waals surface area contributed by atoms with Crippen LogP contribution in [0.25, 0.3) is 0 Å². The average Bonchev–Trinajstić information content (AvgIpc) is 2.67. The Balaban J connectivity index is 2.38. The van der Waals surface area contributed by atoms with Gasteiger partial charge in [-0.25, -0.2) is 0 Å². The number of carboxylic acid groups (broad SMARTS) is 2. The van der Waals surface area contributed by atoms with Gasteiger partial charge in [0.25, 0.3) is 0 Å². The summed E-state index contributed by atoms with van der Waals surface area (Å²) in [4.78, 5) is 38.4. The van der Waals surface area contributed by atoms with E-state index in [1.54, 1.807) is 6.07 Å². The average molecular weight is 427 g/mol. The summed E-state index contributed by atoms with van der Waals surface area (Å²) in [6.07, 6.45) is 6.47. The molecule has 0 saturated carbocycles. The third-order valence-electron chi connectivity index (χ3n) is 4.14. The van der Waals surface area contributed by atoms with Crippen LogP contribution in [-0.2, 0) is 14.4 Å². The van der Waals surface area contributed by atoms with Gasteiger partial charge < -0.3 is 20.3 Å². The zero-order chi connectivity index (χ0) is 21.5. The quantitative estimate of drug-likeness (QED) is 0.265. The molecule has 0 radical (unpaired) electrons. The highest BCUT2D eigenvalue weighted by atomic mass is 32.2. The fourth-order valence-corrected chi connectivity index (χ4v) is 3.52. The highest BCUT2D eigenvalue weighted by Gasteiger charge is 2.11. The number of unbranched alkanes of at least 4 members (excludes halogenated alkanes) is 5. The summed E-state index contributed by atoms with van der Waals surface area (Å²) in [5, 5.41) is 20.1. The van der Waals surface area contributed by atoms with Crippen LogP contribution >= 0.6 is 11.8 Å². The molecule has 0 bridgehead atoms. The standard InChI is InChI=1S/C20H30N2O6S/c1-28-17-13-12-15(29-14-8-11-19(26)27)20(22-17)21-16(23)9-6-4-2-3-5-7-10-18(24)25/h12-13H,2-11,14H2,1H3,(H,24,25)(H,26,27)(H,21,22,23). The molecule has 1 aromatic rings. The summed E-state index contributed by atoms with van der Waals surface area (Å²) in [5.74, 6) is -0.254. The molecule has 3 N–H and O–H groups in total. The van der Waals surface area contributed by atoms with Crippen molar-refractivity contribution in [2.75, 3.05) is 18.2 Å². The molecule has 1 rings (SSSR count). The van der Waals surface area contributed by atoms with Gasteiger partial charge in [-0.3, -0.25) is 14.4 Å². The van der Waals surface area contributed by atoms with Crippen molar-refractivity contribution in [2.24, 2.45) is 0 Å². The maximum atomic E-state index is 12.2. The highest BCUT2D eigenvalue weighted by Crippen LogP contribution is 2.29. The number of thioether (sulfide) groups is 1. The molecule has 162 valence electrons. The monoisotopic (exact) mass is 426 g/mol. The van der Waals surface area contributed by atoms with Gasteiger partial charge in [0.05, 0.1) is 12.0 Å². The summed E-state index contributed by atoms with van der Waals surface area (Å²) in [6, 6.07) is 3.52. The lowest BCUT2D eigenvalue weighted by atomic mass is 10.1. The van der Waals surface area contributed by atoms with E-state index in [-0.39, 0.29) is 18.7 Å². The van der Waals surface area contributed by atoms with Crippen molar-refractivity contribution in [1.29, 1.82) is 0 Å². The topological polar surface area (TPSA) is 126 Å². The minimum atomic E-state index is -0.825. The van der Waals surface area contributed by atoms with E-state index in [2.05, 4.69) is 10.3 Å². The summed E-state index contributed by atoms with van der Waals surface area (Å²) in [7, 11) is 1.50. The number of nitrogens with one attached hydrogen (secondary N) is 1. The van der Waals surface area contributed by atoms with Crippen LogP contribution in [0.2, 0.25) is 0 Å². The number of amides is 1. The van der Waals surface area contributed by atoms with Gasteiger partial charge in [-0.1, -0.05) is 25.7 Å². The number of ether oxygens (including phenoxy) is 1. The van der Waals surface area contributed by atoms with Gasteiger partial charge in [-0.05, 0) is 31.1 Å². The number of carbonyl (C=O) groups excluding carboxylic acids is 1. The van der Waals surface area contributed by atoms with E-state index < -0.39 is 11.9 Å². The first-order chi connectivity index (χ1) is 13.9. The molecule has 29 heavy (non-hydrogen) atoms. The van der Waals surface area contributed by atoms with E-state index >= 15 is 0 Å². The lowest BCUT2D eigenvalue weighted by molar-refractivity contribution is -0.138. The van der Waals surface area contributed by atoms with Gasteiger partial charge in [0, 0.05) is 25.3 Å². The minimum Gasteiger partial charge on any atom is -0.481 e. The van der Waals surface area contributed by atoms with E-state index in [1.165, 1.54) is 18.9 Å². The summed E-state index contributed by atoms with van der Waals surface area (Å²) >= 11 is 1.45. The fourth-order valence-electron chi connectivity index (χ4n) is 2.62. The van der Waals surface area contributed by atoms with Crippen molar-refractivity contribution in [1.82, 2.24) is 4.98 Å². The number of hydrogen-bond donors (Lipinski definition) is 3. The largest absolute Gasteiger partial charge is 0.481 e. The van der Waals surface area contributed by atoms with Crippen molar-refractivity contribution in [3.63, 3.8) is 0 Å². The molecule has 0 aliphatic rings. The van der Waals surface area contributed by atoms with Crippen molar-refractivity contribution in [3.05, 3.63) is 12.1 Å². The Morgan fingerprint density at radius 2 is 1.52 bits per heavy atom. The van der Waals surface area contributed by atoms with Gasteiger partial charge in [0.2, 0.25) is 11.8 Å². The van der Waals surface area contributed by atoms with Gasteiger partial charge >= 0.3 is 11.9 Å². The first-order valence-electron chi connectivity index (χ1n) is 9.83. The Morgan fingerprint density at radius 1 is 0.931 bits per heavy atom. The lowest BCUT2D eigenvalue weighted by Gasteiger charge is -2.11. The van der Waals surface area contributed by atoms with Crippen molar-refractivity contribution in [2.45, 2.75) is 69.1 Å². The number of carboxylic acids is 2. The van der Waals surface area contributed by atoms with Crippen LogP contribution in [0.4, 0.5) is 5.82 Å². The molecule has 1 heterocycles. The van der Waals surface area contributed by atoms with E-state index in [4.69, 9.17) is 14.9 Å². The molecule has 0 aromatic carbocycles. The molecule has 1 amide bonds. The predicted molar refractivity (Wildman–Crippen MR) is 112 cm³/mol. The molecule has 0 fully saturated rings. The molecule has 8 nitrogen and oxygen atoms in total. The van der Waals surface area contributed by atoms with Crippen LogP contribution in [0.15, 0.2) is 17.0 Å². The Morgan fingerprint density at radius 3 is 2.14 bits per heavy atom. The molecular weight excluding hydrogens is 396 g/mol. The Hall–Kier alpha value is -2.29. The van der Waals surface area contributed by atoms with Gasteiger partial charge in [-0.15, -0.1) is 11.8 Å². The number of pyridine rings is 1. The number of methoxy groups -OCH3 is 1. The number of carbonyl (C=O) groups is 3. The number of nitrogens with zero attached hydrogens (tertiary/aromatic N) is 1.